The number of nitrogens with zero attached hydrogens (tertiary/aromatic N) is 2. The van der Waals surface area contributed by atoms with E-state index in [4.69, 9.17) is 33.2 Å². The minimum atomic E-state index is -0.801. The van der Waals surface area contributed by atoms with Crippen LogP contribution in [0.1, 0.15) is 75.0 Å². The number of benzene rings is 4. The summed E-state index contributed by atoms with van der Waals surface area (Å²) in [6.07, 6.45) is 4.10. The number of aliphatic hydroxyl groups is 3. The number of hydrogen-bond donors (Lipinski definition) is 3. The third-order valence-corrected chi connectivity index (χ3v) is 13.6. The number of hydrogen-bond acceptors (Lipinski definition) is 12. The molecule has 354 valence electrons. The SMILES string of the molecule is COc1cc(CC2c3cc(CO)c(CO)cc3CC[N+]2(C)CCCOC(=O)C#CC(=O)OCCC[N+]2(C)CCc3cc(OC)c(OC)cc3C2Cc2ccc(OC)c(OC)c2)ccc1CO. The maximum atomic E-state index is 12.7. The average Bonchev–Trinajstić information content (AvgIpc) is 3.34. The van der Waals surface area contributed by atoms with Crippen molar-refractivity contribution in [2.45, 2.75) is 70.4 Å². The molecule has 0 bridgehead atoms. The molecule has 66 heavy (non-hydrogen) atoms. The highest BCUT2D eigenvalue weighted by Crippen LogP contribution is 2.44. The Bertz CT molecular complexity index is 2250. The first kappa shape index (κ1) is 49.6. The van der Waals surface area contributed by atoms with Crippen LogP contribution in [-0.4, -0.2) is 125 Å². The summed E-state index contributed by atoms with van der Waals surface area (Å²) in [6, 6.07) is 20.0. The number of carbonyl (C=O) groups excluding carboxylic acids is 2. The van der Waals surface area contributed by atoms with Gasteiger partial charge in [-0.3, -0.25) is 0 Å². The third-order valence-electron chi connectivity index (χ3n) is 13.6. The van der Waals surface area contributed by atoms with Crippen molar-refractivity contribution in [3.63, 3.8) is 0 Å². The second-order valence-electron chi connectivity index (χ2n) is 17.6. The van der Waals surface area contributed by atoms with Crippen LogP contribution in [0, 0.1) is 11.8 Å². The molecule has 0 aliphatic carbocycles. The summed E-state index contributed by atoms with van der Waals surface area (Å²) in [5.41, 5.74) is 8.85. The summed E-state index contributed by atoms with van der Waals surface area (Å²) in [5.74, 6) is 6.31. The van der Waals surface area contributed by atoms with E-state index in [1.807, 2.05) is 42.5 Å². The number of aliphatic hydroxyl groups excluding tert-OH is 3. The van der Waals surface area contributed by atoms with Gasteiger partial charge in [0.1, 0.15) is 17.8 Å². The highest BCUT2D eigenvalue weighted by atomic mass is 16.5. The number of fused-ring (bicyclic) bond motifs is 2. The Balaban J connectivity index is 1.05. The fourth-order valence-electron chi connectivity index (χ4n) is 9.83. The van der Waals surface area contributed by atoms with E-state index in [0.29, 0.717) is 81.1 Å². The van der Waals surface area contributed by atoms with Crippen molar-refractivity contribution in [2.24, 2.45) is 0 Å². The zero-order chi connectivity index (χ0) is 47.4. The van der Waals surface area contributed by atoms with Crippen LogP contribution < -0.4 is 23.7 Å². The number of methoxy groups -OCH3 is 5. The van der Waals surface area contributed by atoms with Gasteiger partial charge in [-0.15, -0.1) is 0 Å². The zero-order valence-corrected chi connectivity index (χ0v) is 39.4. The average molecular weight is 911 g/mol. The van der Waals surface area contributed by atoms with Crippen LogP contribution in [0.15, 0.2) is 60.7 Å². The first-order valence-corrected chi connectivity index (χ1v) is 22.5. The molecule has 0 aromatic heterocycles. The van der Waals surface area contributed by atoms with Crippen molar-refractivity contribution in [3.8, 4) is 40.6 Å². The molecule has 2 heterocycles. The quantitative estimate of drug-likeness (QED) is 0.0344. The minimum absolute atomic E-state index is 0.0202. The van der Waals surface area contributed by atoms with Crippen molar-refractivity contribution in [1.82, 2.24) is 0 Å². The standard InChI is InChI=1S/C52H66N2O12/c1-53(20-16-37-28-40(33-56)41(34-57)29-42(37)44(53)24-35-10-12-39(32-55)47(26-35)61-4)18-8-22-65-51(58)14-15-52(59)66-23-9-19-54(2)21-17-38-30-49(63-6)50(64-7)31-43(38)45(54)25-36-11-13-46(60-3)48(27-36)62-5/h10-13,26-31,44-45,55-57H,8-9,16-25,32-34H2,1-7H3/q+2. The van der Waals surface area contributed by atoms with E-state index in [-0.39, 0.29) is 45.1 Å². The molecule has 4 aromatic rings. The number of quaternary nitrogens is 2. The van der Waals surface area contributed by atoms with Crippen molar-refractivity contribution in [3.05, 3.63) is 111 Å². The van der Waals surface area contributed by atoms with Crippen molar-refractivity contribution in [2.75, 3.05) is 89.0 Å². The van der Waals surface area contributed by atoms with Crippen molar-refractivity contribution in [1.29, 1.82) is 0 Å². The molecule has 14 heteroatoms. The Morgan fingerprint density at radius 2 is 0.985 bits per heavy atom. The van der Waals surface area contributed by atoms with Crippen molar-refractivity contribution >= 4 is 11.9 Å². The van der Waals surface area contributed by atoms with Gasteiger partial charge < -0.3 is 57.4 Å². The van der Waals surface area contributed by atoms with Gasteiger partial charge in [0.25, 0.3) is 0 Å². The molecule has 3 N–H and O–H groups in total. The lowest BCUT2D eigenvalue weighted by Gasteiger charge is -2.46. The Kier molecular flexibility index (Phi) is 17.0. The Labute approximate surface area is 388 Å². The summed E-state index contributed by atoms with van der Waals surface area (Å²) in [4.78, 5) is 25.4. The van der Waals surface area contributed by atoms with Gasteiger partial charge >= 0.3 is 11.9 Å². The zero-order valence-electron chi connectivity index (χ0n) is 39.4. The number of carbonyl (C=O) groups is 2. The van der Waals surface area contributed by atoms with Crippen LogP contribution in [0.2, 0.25) is 0 Å². The Morgan fingerprint density at radius 1 is 0.545 bits per heavy atom. The van der Waals surface area contributed by atoms with Gasteiger partial charge in [-0.1, -0.05) is 24.3 Å². The lowest BCUT2D eigenvalue weighted by Crippen LogP contribution is -2.52. The third kappa shape index (κ3) is 11.4. The predicted octanol–water partition coefficient (Wildman–Crippen LogP) is 5.35. The van der Waals surface area contributed by atoms with Crippen LogP contribution in [0.3, 0.4) is 0 Å². The van der Waals surface area contributed by atoms with E-state index < -0.39 is 11.9 Å². The first-order chi connectivity index (χ1) is 31.9. The van der Waals surface area contributed by atoms with Crippen LogP contribution in [0.25, 0.3) is 0 Å². The fraction of sp³-hybridized carbons (Fsp3) is 0.462. The molecule has 0 fully saturated rings. The van der Waals surface area contributed by atoms with E-state index in [1.165, 1.54) is 11.1 Å². The van der Waals surface area contributed by atoms with E-state index >= 15 is 0 Å². The van der Waals surface area contributed by atoms with Crippen LogP contribution >= 0.6 is 0 Å². The Hall–Kier alpha value is -5.82. The largest absolute Gasteiger partial charge is 0.496 e. The Morgan fingerprint density at radius 3 is 1.50 bits per heavy atom. The monoisotopic (exact) mass is 910 g/mol. The molecule has 2 aliphatic heterocycles. The molecule has 0 spiro atoms. The molecule has 2 aliphatic rings. The van der Waals surface area contributed by atoms with Gasteiger partial charge in [-0.2, -0.15) is 0 Å². The highest BCUT2D eigenvalue weighted by molar-refractivity contribution is 5.98. The normalized spacial score (nSPS) is 19.6. The molecule has 14 nitrogen and oxygen atoms in total. The second-order valence-corrected chi connectivity index (χ2v) is 17.6. The van der Waals surface area contributed by atoms with E-state index in [2.05, 4.69) is 44.1 Å². The smallest absolute Gasteiger partial charge is 0.384 e. The number of esters is 2. The number of likely N-dealkylation sites (N-methyl/N-ethyl adjacent to an activating group) is 2. The molecule has 0 amide bonds. The summed E-state index contributed by atoms with van der Waals surface area (Å²) in [6.45, 7) is 2.83. The lowest BCUT2D eigenvalue weighted by atomic mass is 9.84. The van der Waals surface area contributed by atoms with Gasteiger partial charge in [-0.05, 0) is 69.8 Å². The molecule has 0 saturated heterocycles. The molecule has 4 aromatic carbocycles. The van der Waals surface area contributed by atoms with Crippen molar-refractivity contribution < 1.29 is 67.0 Å². The van der Waals surface area contributed by atoms with E-state index in [0.717, 1.165) is 60.3 Å². The predicted molar refractivity (Wildman–Crippen MR) is 247 cm³/mol. The second kappa shape index (κ2) is 22.6. The molecule has 4 unspecified atom stereocenters. The number of ether oxygens (including phenoxy) is 7. The summed E-state index contributed by atoms with van der Waals surface area (Å²) in [5, 5.41) is 30.0. The number of rotatable bonds is 20. The van der Waals surface area contributed by atoms with Gasteiger partial charge in [0, 0.05) is 67.1 Å². The fourth-order valence-corrected chi connectivity index (χ4v) is 9.83. The molecule has 6 rings (SSSR count). The van der Waals surface area contributed by atoms with Gasteiger partial charge in [0.2, 0.25) is 0 Å². The maximum Gasteiger partial charge on any atom is 0.384 e. The van der Waals surface area contributed by atoms with Gasteiger partial charge in [0.15, 0.2) is 23.0 Å². The molecule has 0 radical (unpaired) electrons. The van der Waals surface area contributed by atoms with E-state index in [1.54, 1.807) is 35.5 Å². The summed E-state index contributed by atoms with van der Waals surface area (Å²) >= 11 is 0. The van der Waals surface area contributed by atoms with Gasteiger partial charge in [0.05, 0.1) is 109 Å². The molecular formula is C52H66N2O12+2. The van der Waals surface area contributed by atoms with Crippen LogP contribution in [0.4, 0.5) is 0 Å². The van der Waals surface area contributed by atoms with Gasteiger partial charge in [-0.25, -0.2) is 9.59 Å². The lowest BCUT2D eigenvalue weighted by molar-refractivity contribution is -0.941. The molecular weight excluding hydrogens is 845 g/mol. The van der Waals surface area contributed by atoms with E-state index in [9.17, 15) is 24.9 Å². The molecule has 4 atom stereocenters. The highest BCUT2D eigenvalue weighted by Gasteiger charge is 2.41. The summed E-state index contributed by atoms with van der Waals surface area (Å²) < 4.78 is 40.3. The minimum Gasteiger partial charge on any atom is -0.496 e. The topological polar surface area (TPSA) is 159 Å². The first-order valence-electron chi connectivity index (χ1n) is 22.5. The van der Waals surface area contributed by atoms with Crippen LogP contribution in [-0.2, 0) is 64.6 Å². The van der Waals surface area contributed by atoms with Crippen LogP contribution in [0.5, 0.6) is 28.7 Å². The maximum absolute atomic E-state index is 12.7. The summed E-state index contributed by atoms with van der Waals surface area (Å²) in [7, 11) is 12.5. The molecule has 0 saturated carbocycles.